The zero-order chi connectivity index (χ0) is 18.6. The summed E-state index contributed by atoms with van der Waals surface area (Å²) < 4.78 is 5.28. The number of amides is 1. The normalized spacial score (nSPS) is 11.7. The molecule has 0 spiro atoms. The second-order valence-electron chi connectivity index (χ2n) is 6.54. The van der Waals surface area contributed by atoms with Crippen molar-refractivity contribution in [3.8, 4) is 0 Å². The van der Waals surface area contributed by atoms with Crippen LogP contribution < -0.4 is 5.32 Å². The van der Waals surface area contributed by atoms with Crippen molar-refractivity contribution in [1.82, 2.24) is 0 Å². The number of hydrogen-bond donors (Lipinski definition) is 1. The number of carbonyl (C=O) groups is 2. The van der Waals surface area contributed by atoms with E-state index in [9.17, 15) is 9.59 Å². The molecule has 1 amide bonds. The lowest BCUT2D eigenvalue weighted by molar-refractivity contribution is -0.152. The quantitative estimate of drug-likeness (QED) is 0.837. The fourth-order valence-corrected chi connectivity index (χ4v) is 2.48. The molecule has 25 heavy (non-hydrogen) atoms. The van der Waals surface area contributed by atoms with E-state index in [1.807, 2.05) is 64.1 Å². The van der Waals surface area contributed by atoms with Crippen molar-refractivity contribution in [2.75, 3.05) is 5.32 Å². The minimum Gasteiger partial charge on any atom is -0.452 e. The van der Waals surface area contributed by atoms with Gasteiger partial charge in [-0.15, -0.1) is 0 Å². The van der Waals surface area contributed by atoms with Crippen LogP contribution in [0.25, 0.3) is 0 Å². The van der Waals surface area contributed by atoms with Gasteiger partial charge in [-0.2, -0.15) is 0 Å². The molecule has 0 heterocycles. The number of esters is 1. The number of aryl methyl sites for hydroxylation is 4. The first-order valence-corrected chi connectivity index (χ1v) is 8.40. The average molecular weight is 339 g/mol. The van der Waals surface area contributed by atoms with Gasteiger partial charge in [0.2, 0.25) is 0 Å². The average Bonchev–Trinajstić information content (AvgIpc) is 2.54. The third-order valence-electron chi connectivity index (χ3n) is 4.25. The van der Waals surface area contributed by atoms with Gasteiger partial charge in [0.15, 0.2) is 6.10 Å². The van der Waals surface area contributed by atoms with Gasteiger partial charge in [-0.05, 0) is 68.5 Å². The number of nitrogens with one attached hydrogen (secondary N) is 1. The molecule has 0 unspecified atom stereocenters. The molecule has 2 rings (SSSR count). The van der Waals surface area contributed by atoms with Crippen molar-refractivity contribution in [1.29, 1.82) is 0 Å². The monoisotopic (exact) mass is 339 g/mol. The predicted octanol–water partition coefficient (Wildman–Crippen LogP) is 4.03. The van der Waals surface area contributed by atoms with Gasteiger partial charge < -0.3 is 10.1 Å². The highest BCUT2D eigenvalue weighted by Crippen LogP contribution is 2.17. The summed E-state index contributed by atoms with van der Waals surface area (Å²) in [5, 5.41) is 2.82. The van der Waals surface area contributed by atoms with Gasteiger partial charge in [-0.1, -0.05) is 30.3 Å². The smallest absolute Gasteiger partial charge is 0.311 e. The molecule has 0 bridgehead atoms. The minimum atomic E-state index is -0.848. The Morgan fingerprint density at radius 3 is 2.32 bits per heavy atom. The van der Waals surface area contributed by atoms with Crippen LogP contribution >= 0.6 is 0 Å². The van der Waals surface area contributed by atoms with Gasteiger partial charge in [0.05, 0.1) is 6.42 Å². The second-order valence-corrected chi connectivity index (χ2v) is 6.54. The van der Waals surface area contributed by atoms with Crippen molar-refractivity contribution in [2.45, 2.75) is 47.1 Å². The third-order valence-corrected chi connectivity index (χ3v) is 4.25. The SMILES string of the molecule is Cc1ccc(C)c(NC(=O)[C@H](C)OC(=O)Cc2ccc(C)c(C)c2)c1. The summed E-state index contributed by atoms with van der Waals surface area (Å²) >= 11 is 0. The molecule has 4 heteroatoms. The van der Waals surface area contributed by atoms with Crippen LogP contribution in [0.4, 0.5) is 5.69 Å². The first kappa shape index (κ1) is 18.7. The first-order valence-electron chi connectivity index (χ1n) is 8.40. The summed E-state index contributed by atoms with van der Waals surface area (Å²) in [6.45, 7) is 9.49. The van der Waals surface area contributed by atoms with Gasteiger partial charge in [-0.25, -0.2) is 0 Å². The Balaban J connectivity index is 1.94. The van der Waals surface area contributed by atoms with Gasteiger partial charge in [-0.3, -0.25) is 9.59 Å². The van der Waals surface area contributed by atoms with Crippen LogP contribution in [0.1, 0.15) is 34.7 Å². The summed E-state index contributed by atoms with van der Waals surface area (Å²) in [5.41, 5.74) is 5.95. The molecule has 0 aliphatic heterocycles. The number of rotatable bonds is 5. The van der Waals surface area contributed by atoms with Crippen molar-refractivity contribution >= 4 is 17.6 Å². The first-order chi connectivity index (χ1) is 11.8. The Morgan fingerprint density at radius 1 is 0.960 bits per heavy atom. The van der Waals surface area contributed by atoms with Gasteiger partial charge in [0, 0.05) is 5.69 Å². The van der Waals surface area contributed by atoms with Crippen LogP contribution in [0.3, 0.4) is 0 Å². The minimum absolute atomic E-state index is 0.155. The second kappa shape index (κ2) is 7.97. The van der Waals surface area contributed by atoms with E-state index >= 15 is 0 Å². The van der Waals surface area contributed by atoms with Crippen LogP contribution in [0.15, 0.2) is 36.4 Å². The molecule has 132 valence electrons. The van der Waals surface area contributed by atoms with E-state index in [0.29, 0.717) is 0 Å². The Morgan fingerprint density at radius 2 is 1.64 bits per heavy atom. The molecule has 0 aromatic heterocycles. The van der Waals surface area contributed by atoms with Crippen LogP contribution in [0.2, 0.25) is 0 Å². The summed E-state index contributed by atoms with van der Waals surface area (Å²) in [5.74, 6) is -0.742. The predicted molar refractivity (Wildman–Crippen MR) is 99.7 cm³/mol. The maximum absolute atomic E-state index is 12.3. The molecule has 0 fully saturated rings. The Hall–Kier alpha value is -2.62. The molecular formula is C21H25NO3. The lowest BCUT2D eigenvalue weighted by Gasteiger charge is -2.15. The topological polar surface area (TPSA) is 55.4 Å². The number of carbonyl (C=O) groups excluding carboxylic acids is 2. The lowest BCUT2D eigenvalue weighted by Crippen LogP contribution is -2.30. The van der Waals surface area contributed by atoms with Crippen molar-refractivity contribution in [2.24, 2.45) is 0 Å². The van der Waals surface area contributed by atoms with Gasteiger partial charge in [0.1, 0.15) is 0 Å². The molecule has 0 aliphatic carbocycles. The van der Waals surface area contributed by atoms with Crippen molar-refractivity contribution in [3.05, 3.63) is 64.2 Å². The summed E-state index contributed by atoms with van der Waals surface area (Å²) in [4.78, 5) is 24.4. The van der Waals surface area contributed by atoms with E-state index < -0.39 is 12.1 Å². The maximum Gasteiger partial charge on any atom is 0.311 e. The van der Waals surface area contributed by atoms with Crippen molar-refractivity contribution < 1.29 is 14.3 Å². The number of anilines is 1. The van der Waals surface area contributed by atoms with Crippen LogP contribution in [-0.4, -0.2) is 18.0 Å². The standard InChI is InChI=1S/C21H25NO3/c1-13-6-7-15(3)19(10-13)22-21(24)17(5)25-20(23)12-18-9-8-14(2)16(4)11-18/h6-11,17H,12H2,1-5H3,(H,22,24)/t17-/m0/s1. The molecule has 1 atom stereocenters. The number of ether oxygens (including phenoxy) is 1. The van der Waals surface area contributed by atoms with E-state index in [1.54, 1.807) is 6.92 Å². The van der Waals surface area contributed by atoms with Crippen LogP contribution in [0, 0.1) is 27.7 Å². The molecule has 2 aromatic rings. The Kier molecular flexibility index (Phi) is 5.97. The van der Waals surface area contributed by atoms with E-state index in [1.165, 1.54) is 5.56 Å². The Bertz CT molecular complexity index is 796. The molecule has 1 N–H and O–H groups in total. The molecular weight excluding hydrogens is 314 g/mol. The van der Waals surface area contributed by atoms with E-state index in [4.69, 9.17) is 4.74 Å². The lowest BCUT2D eigenvalue weighted by atomic mass is 10.0. The largest absolute Gasteiger partial charge is 0.452 e. The summed E-state index contributed by atoms with van der Waals surface area (Å²) in [6, 6.07) is 11.7. The van der Waals surface area contributed by atoms with E-state index in [2.05, 4.69) is 5.32 Å². The number of hydrogen-bond acceptors (Lipinski definition) is 3. The summed E-state index contributed by atoms with van der Waals surface area (Å²) in [6.07, 6.45) is -0.693. The molecule has 0 saturated heterocycles. The number of benzene rings is 2. The van der Waals surface area contributed by atoms with Crippen LogP contribution in [-0.2, 0) is 20.7 Å². The summed E-state index contributed by atoms with van der Waals surface area (Å²) in [7, 11) is 0. The zero-order valence-electron chi connectivity index (χ0n) is 15.5. The molecule has 0 aliphatic rings. The van der Waals surface area contributed by atoms with E-state index in [-0.39, 0.29) is 12.3 Å². The van der Waals surface area contributed by atoms with Crippen molar-refractivity contribution in [3.63, 3.8) is 0 Å². The molecule has 4 nitrogen and oxygen atoms in total. The van der Waals surface area contributed by atoms with Gasteiger partial charge in [0.25, 0.3) is 5.91 Å². The Labute approximate surface area is 149 Å². The van der Waals surface area contributed by atoms with Crippen LogP contribution in [0.5, 0.6) is 0 Å². The third kappa shape index (κ3) is 5.18. The highest BCUT2D eigenvalue weighted by Gasteiger charge is 2.19. The zero-order valence-corrected chi connectivity index (χ0v) is 15.5. The molecule has 0 saturated carbocycles. The van der Waals surface area contributed by atoms with E-state index in [0.717, 1.165) is 27.9 Å². The maximum atomic E-state index is 12.3. The fraction of sp³-hybridized carbons (Fsp3) is 0.333. The van der Waals surface area contributed by atoms with Gasteiger partial charge >= 0.3 is 5.97 Å². The highest BCUT2D eigenvalue weighted by atomic mass is 16.5. The molecule has 2 aromatic carbocycles. The molecule has 0 radical (unpaired) electrons. The highest BCUT2D eigenvalue weighted by molar-refractivity contribution is 5.95. The fourth-order valence-electron chi connectivity index (χ4n) is 2.48.